The molecule has 3 nitrogen and oxygen atoms in total. The van der Waals surface area contributed by atoms with E-state index in [-0.39, 0.29) is 4.70 Å². The van der Waals surface area contributed by atoms with E-state index in [1.54, 1.807) is 7.11 Å². The summed E-state index contributed by atoms with van der Waals surface area (Å²) in [5.74, 6) is -0.972. The van der Waals surface area contributed by atoms with E-state index < -0.39 is 11.6 Å². The molecule has 0 amide bonds. The third-order valence-electron chi connectivity index (χ3n) is 3.03. The van der Waals surface area contributed by atoms with Gasteiger partial charge in [0.05, 0.1) is 29.6 Å². The lowest BCUT2D eigenvalue weighted by Crippen LogP contribution is -2.00. The summed E-state index contributed by atoms with van der Waals surface area (Å²) >= 11 is 1.14. The number of methoxy groups -OCH3 is 1. The highest BCUT2D eigenvalue weighted by Crippen LogP contribution is 2.28. The zero-order valence-corrected chi connectivity index (χ0v) is 12.0. The molecule has 1 aromatic heterocycles. The molecule has 0 unspecified atom stereocenters. The van der Waals surface area contributed by atoms with E-state index >= 15 is 0 Å². The van der Waals surface area contributed by atoms with Crippen LogP contribution in [-0.2, 0) is 6.54 Å². The van der Waals surface area contributed by atoms with E-state index in [1.165, 1.54) is 6.07 Å². The Balaban J connectivity index is 1.84. The second-order valence-electron chi connectivity index (χ2n) is 4.37. The minimum Gasteiger partial charge on any atom is -0.495 e. The molecule has 108 valence electrons. The van der Waals surface area contributed by atoms with Gasteiger partial charge in [-0.15, -0.1) is 11.3 Å². The van der Waals surface area contributed by atoms with Crippen molar-refractivity contribution in [2.24, 2.45) is 0 Å². The zero-order chi connectivity index (χ0) is 14.8. The highest BCUT2D eigenvalue weighted by molar-refractivity contribution is 7.18. The van der Waals surface area contributed by atoms with Gasteiger partial charge >= 0.3 is 0 Å². The molecule has 21 heavy (non-hydrogen) atoms. The molecule has 0 spiro atoms. The van der Waals surface area contributed by atoms with Crippen molar-refractivity contribution >= 4 is 27.2 Å². The largest absolute Gasteiger partial charge is 0.495 e. The third kappa shape index (κ3) is 2.67. The molecular formula is C15H12F2N2OS. The Morgan fingerprint density at radius 2 is 2.00 bits per heavy atom. The third-order valence-corrected chi connectivity index (χ3v) is 4.09. The molecule has 0 aliphatic rings. The lowest BCUT2D eigenvalue weighted by atomic mass is 10.3. The van der Waals surface area contributed by atoms with Crippen molar-refractivity contribution in [3.8, 4) is 5.75 Å². The molecule has 0 bridgehead atoms. The van der Waals surface area contributed by atoms with Crippen molar-refractivity contribution in [2.45, 2.75) is 6.54 Å². The Morgan fingerprint density at radius 3 is 2.81 bits per heavy atom. The summed E-state index contributed by atoms with van der Waals surface area (Å²) in [4.78, 5) is 4.29. The average Bonchev–Trinajstić information content (AvgIpc) is 2.93. The number of nitrogens with zero attached hydrogens (tertiary/aromatic N) is 1. The van der Waals surface area contributed by atoms with Crippen molar-refractivity contribution < 1.29 is 13.5 Å². The molecule has 3 aromatic rings. The number of aromatic nitrogens is 1. The van der Waals surface area contributed by atoms with Crippen LogP contribution in [0.25, 0.3) is 10.2 Å². The maximum Gasteiger partial charge on any atom is 0.178 e. The van der Waals surface area contributed by atoms with Crippen molar-refractivity contribution in [1.29, 1.82) is 0 Å². The molecule has 0 saturated carbocycles. The Kier molecular flexibility index (Phi) is 3.70. The number of benzene rings is 2. The smallest absolute Gasteiger partial charge is 0.178 e. The summed E-state index contributed by atoms with van der Waals surface area (Å²) in [6, 6.07) is 10.1. The van der Waals surface area contributed by atoms with Gasteiger partial charge in [0, 0.05) is 0 Å². The van der Waals surface area contributed by atoms with E-state index in [2.05, 4.69) is 10.3 Å². The zero-order valence-electron chi connectivity index (χ0n) is 11.2. The van der Waals surface area contributed by atoms with Crippen LogP contribution >= 0.6 is 11.3 Å². The fourth-order valence-electron chi connectivity index (χ4n) is 2.02. The molecule has 0 atom stereocenters. The number of rotatable bonds is 4. The standard InChI is InChI=1S/C15H12F2N2OS/c1-20-12-5-3-2-4-10(12)18-8-13-19-11-7-6-9(16)14(17)15(11)21-13/h2-7,18H,8H2,1H3. The SMILES string of the molecule is COc1ccccc1NCc1nc2ccc(F)c(F)c2s1. The maximum atomic E-state index is 13.6. The molecule has 6 heteroatoms. The molecule has 0 saturated heterocycles. The van der Waals surface area contributed by atoms with Gasteiger partial charge in [0.15, 0.2) is 11.6 Å². The van der Waals surface area contributed by atoms with Crippen LogP contribution in [0, 0.1) is 11.6 Å². The van der Waals surface area contributed by atoms with Crippen LogP contribution in [0.5, 0.6) is 5.75 Å². The van der Waals surface area contributed by atoms with Gasteiger partial charge in [-0.2, -0.15) is 0 Å². The van der Waals surface area contributed by atoms with E-state index in [0.717, 1.165) is 28.8 Å². The predicted molar refractivity (Wildman–Crippen MR) is 79.9 cm³/mol. The Labute approximate surface area is 124 Å². The van der Waals surface area contributed by atoms with Crippen LogP contribution in [0.2, 0.25) is 0 Å². The van der Waals surface area contributed by atoms with Crippen LogP contribution in [0.4, 0.5) is 14.5 Å². The Bertz CT molecular complexity index is 788. The fourth-order valence-corrected chi connectivity index (χ4v) is 2.95. The first kappa shape index (κ1) is 13.8. The van der Waals surface area contributed by atoms with Crippen molar-refractivity contribution in [3.05, 3.63) is 53.0 Å². The number of fused-ring (bicyclic) bond motifs is 1. The normalized spacial score (nSPS) is 10.8. The van der Waals surface area contributed by atoms with Crippen LogP contribution in [-0.4, -0.2) is 12.1 Å². The lowest BCUT2D eigenvalue weighted by Gasteiger charge is -2.09. The first-order valence-electron chi connectivity index (χ1n) is 6.29. The molecule has 2 aromatic carbocycles. The minimum atomic E-state index is -0.851. The van der Waals surface area contributed by atoms with Gasteiger partial charge in [-0.25, -0.2) is 13.8 Å². The van der Waals surface area contributed by atoms with Crippen LogP contribution < -0.4 is 10.1 Å². The number of ether oxygens (including phenoxy) is 1. The monoisotopic (exact) mass is 306 g/mol. The van der Waals surface area contributed by atoms with Crippen molar-refractivity contribution in [2.75, 3.05) is 12.4 Å². The number of halogens is 2. The van der Waals surface area contributed by atoms with E-state index in [4.69, 9.17) is 4.74 Å². The average molecular weight is 306 g/mol. The minimum absolute atomic E-state index is 0.242. The molecular weight excluding hydrogens is 294 g/mol. The number of nitrogens with one attached hydrogen (secondary N) is 1. The van der Waals surface area contributed by atoms with Gasteiger partial charge < -0.3 is 10.1 Å². The highest BCUT2D eigenvalue weighted by Gasteiger charge is 2.12. The molecule has 3 rings (SSSR count). The van der Waals surface area contributed by atoms with Crippen LogP contribution in [0.15, 0.2) is 36.4 Å². The Morgan fingerprint density at radius 1 is 1.19 bits per heavy atom. The van der Waals surface area contributed by atoms with Crippen molar-refractivity contribution in [3.63, 3.8) is 0 Å². The summed E-state index contributed by atoms with van der Waals surface area (Å²) in [6.45, 7) is 0.417. The molecule has 1 heterocycles. The van der Waals surface area contributed by atoms with E-state index in [1.807, 2.05) is 24.3 Å². The van der Waals surface area contributed by atoms with Gasteiger partial charge in [-0.1, -0.05) is 12.1 Å². The topological polar surface area (TPSA) is 34.1 Å². The summed E-state index contributed by atoms with van der Waals surface area (Å²) in [7, 11) is 1.59. The van der Waals surface area contributed by atoms with Gasteiger partial charge in [-0.3, -0.25) is 0 Å². The number of anilines is 1. The second kappa shape index (κ2) is 5.65. The van der Waals surface area contributed by atoms with Crippen LogP contribution in [0.1, 0.15) is 5.01 Å². The number of hydrogen-bond donors (Lipinski definition) is 1. The Hall–Kier alpha value is -2.21. The summed E-state index contributed by atoms with van der Waals surface area (Å²) in [6.07, 6.45) is 0. The molecule has 0 aliphatic heterocycles. The summed E-state index contributed by atoms with van der Waals surface area (Å²) in [5, 5.41) is 3.86. The second-order valence-corrected chi connectivity index (χ2v) is 5.45. The number of thiazole rings is 1. The van der Waals surface area contributed by atoms with E-state index in [9.17, 15) is 8.78 Å². The number of hydrogen-bond acceptors (Lipinski definition) is 4. The van der Waals surface area contributed by atoms with Crippen LogP contribution in [0.3, 0.4) is 0 Å². The van der Waals surface area contributed by atoms with Gasteiger partial charge in [0.25, 0.3) is 0 Å². The van der Waals surface area contributed by atoms with Gasteiger partial charge in [0.1, 0.15) is 10.8 Å². The van der Waals surface area contributed by atoms with E-state index in [0.29, 0.717) is 17.1 Å². The van der Waals surface area contributed by atoms with Crippen molar-refractivity contribution in [1.82, 2.24) is 4.98 Å². The summed E-state index contributed by atoms with van der Waals surface area (Å²) in [5.41, 5.74) is 1.29. The first-order valence-corrected chi connectivity index (χ1v) is 7.11. The lowest BCUT2D eigenvalue weighted by molar-refractivity contribution is 0.416. The molecule has 0 radical (unpaired) electrons. The van der Waals surface area contributed by atoms with Gasteiger partial charge in [0.2, 0.25) is 0 Å². The summed E-state index contributed by atoms with van der Waals surface area (Å²) < 4.78 is 32.3. The molecule has 0 fully saturated rings. The maximum absolute atomic E-state index is 13.6. The highest BCUT2D eigenvalue weighted by atomic mass is 32.1. The fraction of sp³-hybridized carbons (Fsp3) is 0.133. The van der Waals surface area contributed by atoms with Gasteiger partial charge in [-0.05, 0) is 24.3 Å². The molecule has 1 N–H and O–H groups in total. The quantitative estimate of drug-likeness (QED) is 0.784. The first-order chi connectivity index (χ1) is 10.2. The predicted octanol–water partition coefficient (Wildman–Crippen LogP) is 4.20. The number of para-hydroxylation sites is 2. The molecule has 0 aliphatic carbocycles.